The molecule has 5 rings (SSSR count). The van der Waals surface area contributed by atoms with E-state index in [1.807, 2.05) is 0 Å². The van der Waals surface area contributed by atoms with Crippen LogP contribution < -0.4 is 0 Å². The lowest BCUT2D eigenvalue weighted by atomic mass is 9.48. The summed E-state index contributed by atoms with van der Waals surface area (Å²) in [6.45, 7) is 6.50. The van der Waals surface area contributed by atoms with Gasteiger partial charge in [0.25, 0.3) is 0 Å². The molecule has 5 aliphatic rings. The molecule has 3 saturated carbocycles. The van der Waals surface area contributed by atoms with Gasteiger partial charge in [-0.25, -0.2) is 0 Å². The highest BCUT2D eigenvalue weighted by atomic mass is 16.6. The molecule has 0 amide bonds. The molecule has 8 heteroatoms. The minimum Gasteiger partial charge on any atom is -0.462 e. The van der Waals surface area contributed by atoms with E-state index in [2.05, 4.69) is 13.0 Å². The van der Waals surface area contributed by atoms with Crippen LogP contribution in [0.1, 0.15) is 79.1 Å². The number of carbonyl (C=O) groups excluding carboxylic acids is 4. The minimum atomic E-state index is -0.510. The first kappa shape index (κ1) is 24.3. The Bertz CT molecular complexity index is 970. The SMILES string of the molecule is CC(=O)OC1C=C2C[C@@H](OC(C)=O)CC[C@]2(C)C2C(OC(C)=O)CC3C(CC[C@@]34CCC(=O)O4)C12. The molecule has 0 aromatic heterocycles. The van der Waals surface area contributed by atoms with Crippen molar-refractivity contribution in [2.75, 3.05) is 0 Å². The van der Waals surface area contributed by atoms with E-state index in [1.165, 1.54) is 20.8 Å². The molecule has 4 aliphatic carbocycles. The first-order valence-electron chi connectivity index (χ1n) is 13.0. The van der Waals surface area contributed by atoms with Crippen LogP contribution in [0.5, 0.6) is 0 Å². The number of hydrogen-bond donors (Lipinski definition) is 0. The molecule has 4 fully saturated rings. The maximum Gasteiger partial charge on any atom is 0.306 e. The molecule has 9 atom stereocenters. The Morgan fingerprint density at radius 3 is 2.31 bits per heavy atom. The molecule has 0 aromatic rings. The van der Waals surface area contributed by atoms with Crippen molar-refractivity contribution in [3.8, 4) is 0 Å². The van der Waals surface area contributed by atoms with E-state index < -0.39 is 11.7 Å². The molecule has 1 saturated heterocycles. The second-order valence-corrected chi connectivity index (χ2v) is 11.5. The molecule has 192 valence electrons. The second kappa shape index (κ2) is 8.63. The molecule has 0 N–H and O–H groups in total. The van der Waals surface area contributed by atoms with Crippen molar-refractivity contribution in [3.05, 3.63) is 11.6 Å². The van der Waals surface area contributed by atoms with Crippen LogP contribution in [0.25, 0.3) is 0 Å². The summed E-state index contributed by atoms with van der Waals surface area (Å²) in [5.74, 6) is -0.966. The fourth-order valence-electron chi connectivity index (χ4n) is 8.44. The molecule has 1 spiro atoms. The Hall–Kier alpha value is -2.38. The number of fused-ring (bicyclic) bond motifs is 6. The van der Waals surface area contributed by atoms with Gasteiger partial charge in [-0.2, -0.15) is 0 Å². The van der Waals surface area contributed by atoms with Crippen molar-refractivity contribution >= 4 is 23.9 Å². The normalized spacial score (nSPS) is 43.8. The highest BCUT2D eigenvalue weighted by molar-refractivity contribution is 5.72. The number of hydrogen-bond acceptors (Lipinski definition) is 8. The minimum absolute atomic E-state index is 0.0393. The zero-order valence-corrected chi connectivity index (χ0v) is 21.0. The molecule has 1 heterocycles. The van der Waals surface area contributed by atoms with E-state index >= 15 is 0 Å². The summed E-state index contributed by atoms with van der Waals surface area (Å²) in [5.41, 5.74) is 0.327. The molecular weight excluding hydrogens is 452 g/mol. The van der Waals surface area contributed by atoms with Gasteiger partial charge in [-0.3, -0.25) is 19.2 Å². The predicted octanol–water partition coefficient (Wildman–Crippen LogP) is 3.65. The van der Waals surface area contributed by atoms with Crippen molar-refractivity contribution in [1.82, 2.24) is 0 Å². The van der Waals surface area contributed by atoms with E-state index in [4.69, 9.17) is 18.9 Å². The van der Waals surface area contributed by atoms with Crippen LogP contribution in [0.3, 0.4) is 0 Å². The molecule has 1 aliphatic heterocycles. The molecule has 35 heavy (non-hydrogen) atoms. The fourth-order valence-corrected chi connectivity index (χ4v) is 8.44. The van der Waals surface area contributed by atoms with Gasteiger partial charge in [0, 0.05) is 51.4 Å². The van der Waals surface area contributed by atoms with Gasteiger partial charge in [-0.05, 0) is 55.9 Å². The third-order valence-corrected chi connectivity index (χ3v) is 9.56. The molecule has 0 bridgehead atoms. The number of ether oxygens (including phenoxy) is 4. The van der Waals surface area contributed by atoms with Crippen molar-refractivity contribution in [1.29, 1.82) is 0 Å². The van der Waals surface area contributed by atoms with Crippen LogP contribution in [-0.2, 0) is 38.1 Å². The average Bonchev–Trinajstić information content (AvgIpc) is 3.30. The van der Waals surface area contributed by atoms with Crippen molar-refractivity contribution < 1.29 is 38.1 Å². The Kier molecular flexibility index (Phi) is 5.99. The van der Waals surface area contributed by atoms with Gasteiger partial charge in [-0.15, -0.1) is 0 Å². The van der Waals surface area contributed by atoms with E-state index in [9.17, 15) is 19.2 Å². The monoisotopic (exact) mass is 488 g/mol. The van der Waals surface area contributed by atoms with Crippen LogP contribution in [0.2, 0.25) is 0 Å². The smallest absolute Gasteiger partial charge is 0.306 e. The van der Waals surface area contributed by atoms with Gasteiger partial charge in [-0.1, -0.05) is 12.5 Å². The molecule has 8 nitrogen and oxygen atoms in total. The first-order valence-corrected chi connectivity index (χ1v) is 13.0. The van der Waals surface area contributed by atoms with Crippen LogP contribution in [-0.4, -0.2) is 47.8 Å². The van der Waals surface area contributed by atoms with E-state index in [0.29, 0.717) is 25.7 Å². The third kappa shape index (κ3) is 4.06. The van der Waals surface area contributed by atoms with Gasteiger partial charge >= 0.3 is 23.9 Å². The van der Waals surface area contributed by atoms with E-state index in [0.717, 1.165) is 31.3 Å². The van der Waals surface area contributed by atoms with Crippen LogP contribution in [0.4, 0.5) is 0 Å². The standard InChI is InChI=1S/C27H36O8/c1-14(28)32-18-5-8-26(4)17(11-18)12-21(33-15(2)29)24-19-6-9-27(10-7-23(31)35-27)20(19)13-22(25(24)26)34-16(3)30/h12,18-22,24-25H,5-11,13H2,1-4H3/t18-,19?,20?,21?,22?,24?,25?,26-,27+/m0/s1. The first-order chi connectivity index (χ1) is 16.5. The van der Waals surface area contributed by atoms with Crippen molar-refractivity contribution in [2.24, 2.45) is 29.1 Å². The predicted molar refractivity (Wildman–Crippen MR) is 123 cm³/mol. The van der Waals surface area contributed by atoms with E-state index in [1.54, 1.807) is 0 Å². The summed E-state index contributed by atoms with van der Waals surface area (Å²) in [6, 6.07) is 0. The topological polar surface area (TPSA) is 105 Å². The third-order valence-electron chi connectivity index (χ3n) is 9.56. The summed E-state index contributed by atoms with van der Waals surface area (Å²) in [7, 11) is 0. The summed E-state index contributed by atoms with van der Waals surface area (Å²) in [5, 5.41) is 0. The number of rotatable bonds is 3. The largest absolute Gasteiger partial charge is 0.462 e. The Morgan fingerprint density at radius 2 is 1.69 bits per heavy atom. The second-order valence-electron chi connectivity index (χ2n) is 11.5. The number of esters is 4. The highest BCUT2D eigenvalue weighted by Crippen LogP contribution is 2.65. The Morgan fingerprint density at radius 1 is 0.971 bits per heavy atom. The summed E-state index contributed by atoms with van der Waals surface area (Å²) in [6.07, 6.45) is 6.57. The van der Waals surface area contributed by atoms with Gasteiger partial charge in [0.05, 0.1) is 0 Å². The average molecular weight is 489 g/mol. The fraction of sp³-hybridized carbons (Fsp3) is 0.778. The molecule has 6 unspecified atom stereocenters. The summed E-state index contributed by atoms with van der Waals surface area (Å²) in [4.78, 5) is 48.3. The van der Waals surface area contributed by atoms with Gasteiger partial charge < -0.3 is 18.9 Å². The zero-order chi connectivity index (χ0) is 25.1. The van der Waals surface area contributed by atoms with E-state index in [-0.39, 0.29) is 65.2 Å². The quantitative estimate of drug-likeness (QED) is 0.337. The number of carbonyl (C=O) groups is 4. The lowest BCUT2D eigenvalue weighted by Crippen LogP contribution is -2.60. The Balaban J connectivity index is 1.57. The summed E-state index contributed by atoms with van der Waals surface area (Å²) >= 11 is 0. The van der Waals surface area contributed by atoms with Gasteiger partial charge in [0.2, 0.25) is 0 Å². The van der Waals surface area contributed by atoms with Gasteiger partial charge in [0.15, 0.2) is 0 Å². The highest BCUT2D eigenvalue weighted by Gasteiger charge is 2.66. The van der Waals surface area contributed by atoms with Crippen LogP contribution >= 0.6 is 0 Å². The van der Waals surface area contributed by atoms with Crippen LogP contribution in [0.15, 0.2) is 11.6 Å². The van der Waals surface area contributed by atoms with Crippen LogP contribution in [0, 0.1) is 29.1 Å². The maximum absolute atomic E-state index is 12.3. The molecular formula is C27H36O8. The maximum atomic E-state index is 12.3. The zero-order valence-electron chi connectivity index (χ0n) is 21.0. The lowest BCUT2D eigenvalue weighted by molar-refractivity contribution is -0.190. The molecule has 0 aromatic carbocycles. The van der Waals surface area contributed by atoms with Crippen molar-refractivity contribution in [3.63, 3.8) is 0 Å². The molecule has 0 radical (unpaired) electrons. The van der Waals surface area contributed by atoms with Crippen molar-refractivity contribution in [2.45, 2.75) is 103 Å². The lowest BCUT2D eigenvalue weighted by Gasteiger charge is -2.59. The summed E-state index contributed by atoms with van der Waals surface area (Å²) < 4.78 is 23.5. The Labute approximate surface area is 206 Å². The van der Waals surface area contributed by atoms with Gasteiger partial charge in [0.1, 0.15) is 23.9 Å².